The van der Waals surface area contributed by atoms with Gasteiger partial charge in [0.2, 0.25) is 5.91 Å². The molecule has 16 heavy (non-hydrogen) atoms. The van der Waals surface area contributed by atoms with Crippen LogP contribution < -0.4 is 10.6 Å². The van der Waals surface area contributed by atoms with Gasteiger partial charge in [0.05, 0.1) is 5.69 Å². The Labute approximate surface area is 94.0 Å². The summed E-state index contributed by atoms with van der Waals surface area (Å²) < 4.78 is 13.1. The van der Waals surface area contributed by atoms with Gasteiger partial charge in [0.1, 0.15) is 11.9 Å². The number of anilines is 1. The van der Waals surface area contributed by atoms with Gasteiger partial charge >= 0.3 is 0 Å². The number of amides is 1. The first-order valence-corrected chi connectivity index (χ1v) is 5.51. The molecule has 1 heterocycles. The smallest absolute Gasteiger partial charge is 0.248 e. The molecule has 0 bridgehead atoms. The van der Waals surface area contributed by atoms with Crippen LogP contribution in [-0.2, 0) is 4.79 Å². The average molecular weight is 222 g/mol. The topological polar surface area (TPSA) is 46.3 Å². The standard InChI is InChI=1S/C12H15FN2O/c1-2-3-6-15-10-7-8(13)4-5-9(10)11(14)12(15)16/h4-5,7,11H,2-3,6,14H2,1H3. The van der Waals surface area contributed by atoms with Crippen LogP contribution in [0.2, 0.25) is 0 Å². The van der Waals surface area contributed by atoms with Crippen molar-refractivity contribution in [1.29, 1.82) is 0 Å². The average Bonchev–Trinajstić information content (AvgIpc) is 2.50. The van der Waals surface area contributed by atoms with E-state index < -0.39 is 6.04 Å². The van der Waals surface area contributed by atoms with Gasteiger partial charge in [-0.15, -0.1) is 0 Å². The number of nitrogens with zero attached hydrogens (tertiary/aromatic N) is 1. The Hall–Kier alpha value is -1.42. The van der Waals surface area contributed by atoms with Crippen molar-refractivity contribution >= 4 is 11.6 Å². The van der Waals surface area contributed by atoms with Gasteiger partial charge in [0.15, 0.2) is 0 Å². The van der Waals surface area contributed by atoms with Crippen molar-refractivity contribution in [2.75, 3.05) is 11.4 Å². The highest BCUT2D eigenvalue weighted by atomic mass is 19.1. The largest absolute Gasteiger partial charge is 0.316 e. The van der Waals surface area contributed by atoms with Crippen LogP contribution in [0.5, 0.6) is 0 Å². The second-order valence-corrected chi connectivity index (χ2v) is 4.02. The minimum absolute atomic E-state index is 0.131. The molecule has 1 aromatic carbocycles. The van der Waals surface area contributed by atoms with E-state index in [0.717, 1.165) is 18.4 Å². The molecule has 1 atom stereocenters. The molecule has 86 valence electrons. The zero-order valence-corrected chi connectivity index (χ0v) is 9.24. The van der Waals surface area contributed by atoms with Crippen LogP contribution in [0.15, 0.2) is 18.2 Å². The molecule has 0 aliphatic carbocycles. The molecule has 1 aromatic rings. The maximum atomic E-state index is 13.1. The molecule has 1 aliphatic rings. The number of fused-ring (bicyclic) bond motifs is 1. The van der Waals surface area contributed by atoms with E-state index in [9.17, 15) is 9.18 Å². The number of carbonyl (C=O) groups is 1. The monoisotopic (exact) mass is 222 g/mol. The number of unbranched alkanes of at least 4 members (excludes halogenated alkanes) is 1. The summed E-state index contributed by atoms with van der Waals surface area (Å²) in [7, 11) is 0. The second-order valence-electron chi connectivity index (χ2n) is 4.02. The summed E-state index contributed by atoms with van der Waals surface area (Å²) >= 11 is 0. The summed E-state index contributed by atoms with van der Waals surface area (Å²) in [5.74, 6) is -0.462. The number of rotatable bonds is 3. The van der Waals surface area contributed by atoms with Crippen molar-refractivity contribution in [2.45, 2.75) is 25.8 Å². The Kier molecular flexibility index (Phi) is 2.92. The van der Waals surface area contributed by atoms with Crippen LogP contribution in [0.25, 0.3) is 0 Å². The molecule has 3 nitrogen and oxygen atoms in total. The molecule has 1 amide bonds. The fourth-order valence-electron chi connectivity index (χ4n) is 1.98. The molecular formula is C12H15FN2O. The molecule has 0 aromatic heterocycles. The van der Waals surface area contributed by atoms with E-state index in [1.165, 1.54) is 12.1 Å². The van der Waals surface area contributed by atoms with Crippen molar-refractivity contribution in [3.63, 3.8) is 0 Å². The Morgan fingerprint density at radius 1 is 1.50 bits per heavy atom. The highest BCUT2D eigenvalue weighted by molar-refractivity contribution is 6.04. The summed E-state index contributed by atoms with van der Waals surface area (Å²) in [6.45, 7) is 2.66. The molecule has 4 heteroatoms. The predicted molar refractivity (Wildman–Crippen MR) is 60.6 cm³/mol. The quantitative estimate of drug-likeness (QED) is 0.849. The summed E-state index contributed by atoms with van der Waals surface area (Å²) in [5.41, 5.74) is 7.14. The maximum Gasteiger partial charge on any atom is 0.248 e. The lowest BCUT2D eigenvalue weighted by Crippen LogP contribution is -2.32. The normalized spacial score (nSPS) is 19.1. The third kappa shape index (κ3) is 1.69. The molecule has 2 rings (SSSR count). The lowest BCUT2D eigenvalue weighted by atomic mass is 10.1. The molecule has 1 unspecified atom stereocenters. The van der Waals surface area contributed by atoms with Crippen molar-refractivity contribution in [2.24, 2.45) is 5.73 Å². The molecule has 0 spiro atoms. The van der Waals surface area contributed by atoms with E-state index >= 15 is 0 Å². The van der Waals surface area contributed by atoms with Crippen LogP contribution in [0.1, 0.15) is 31.4 Å². The van der Waals surface area contributed by atoms with Crippen LogP contribution in [0.3, 0.4) is 0 Å². The van der Waals surface area contributed by atoms with E-state index in [0.29, 0.717) is 12.2 Å². The zero-order chi connectivity index (χ0) is 11.7. The Morgan fingerprint density at radius 2 is 2.25 bits per heavy atom. The third-order valence-corrected chi connectivity index (χ3v) is 2.89. The van der Waals surface area contributed by atoms with Gasteiger partial charge in [-0.25, -0.2) is 4.39 Å². The zero-order valence-electron chi connectivity index (χ0n) is 9.24. The summed E-state index contributed by atoms with van der Waals surface area (Å²) in [4.78, 5) is 13.4. The molecule has 2 N–H and O–H groups in total. The highest BCUT2D eigenvalue weighted by Gasteiger charge is 2.34. The van der Waals surface area contributed by atoms with Crippen LogP contribution >= 0.6 is 0 Å². The van der Waals surface area contributed by atoms with Gasteiger partial charge in [-0.1, -0.05) is 19.4 Å². The number of hydrogen-bond donors (Lipinski definition) is 1. The summed E-state index contributed by atoms with van der Waals surface area (Å²) in [6, 6.07) is 3.69. The van der Waals surface area contributed by atoms with Gasteiger partial charge in [-0.3, -0.25) is 4.79 Å². The molecular weight excluding hydrogens is 207 g/mol. The lowest BCUT2D eigenvalue weighted by molar-refractivity contribution is -0.119. The second kappa shape index (κ2) is 4.22. The Bertz CT molecular complexity index is 419. The Morgan fingerprint density at radius 3 is 2.94 bits per heavy atom. The number of benzene rings is 1. The molecule has 0 radical (unpaired) electrons. The SMILES string of the molecule is CCCCN1C(=O)C(N)c2ccc(F)cc21. The third-order valence-electron chi connectivity index (χ3n) is 2.89. The summed E-state index contributed by atoms with van der Waals surface area (Å²) in [6.07, 6.45) is 1.89. The number of halogens is 1. The van der Waals surface area contributed by atoms with Gasteiger partial charge in [-0.2, -0.15) is 0 Å². The van der Waals surface area contributed by atoms with Gasteiger partial charge in [0, 0.05) is 12.1 Å². The van der Waals surface area contributed by atoms with E-state index in [1.807, 2.05) is 6.92 Å². The first-order valence-electron chi connectivity index (χ1n) is 5.51. The van der Waals surface area contributed by atoms with E-state index in [2.05, 4.69) is 0 Å². The predicted octanol–water partition coefficient (Wildman–Crippen LogP) is 1.97. The number of nitrogens with two attached hydrogens (primary N) is 1. The fourth-order valence-corrected chi connectivity index (χ4v) is 1.98. The van der Waals surface area contributed by atoms with Crippen molar-refractivity contribution < 1.29 is 9.18 Å². The Balaban J connectivity index is 2.35. The molecule has 1 aliphatic heterocycles. The highest BCUT2D eigenvalue weighted by Crippen LogP contribution is 2.34. The van der Waals surface area contributed by atoms with Crippen molar-refractivity contribution in [3.8, 4) is 0 Å². The first kappa shape index (κ1) is 11.1. The van der Waals surface area contributed by atoms with E-state index in [4.69, 9.17) is 5.73 Å². The first-order chi connectivity index (χ1) is 7.65. The van der Waals surface area contributed by atoms with Gasteiger partial charge < -0.3 is 10.6 Å². The van der Waals surface area contributed by atoms with Crippen LogP contribution in [0, 0.1) is 5.82 Å². The molecule has 0 saturated carbocycles. The van der Waals surface area contributed by atoms with Crippen molar-refractivity contribution in [1.82, 2.24) is 0 Å². The van der Waals surface area contributed by atoms with E-state index in [-0.39, 0.29) is 11.7 Å². The van der Waals surface area contributed by atoms with Gasteiger partial charge in [-0.05, 0) is 18.6 Å². The number of carbonyl (C=O) groups excluding carboxylic acids is 1. The lowest BCUT2D eigenvalue weighted by Gasteiger charge is -2.16. The van der Waals surface area contributed by atoms with Crippen LogP contribution in [-0.4, -0.2) is 12.5 Å². The van der Waals surface area contributed by atoms with Crippen molar-refractivity contribution in [3.05, 3.63) is 29.6 Å². The molecule has 0 saturated heterocycles. The van der Waals surface area contributed by atoms with Crippen LogP contribution in [0.4, 0.5) is 10.1 Å². The summed E-state index contributed by atoms with van der Waals surface area (Å²) in [5, 5.41) is 0. The van der Waals surface area contributed by atoms with E-state index in [1.54, 1.807) is 11.0 Å². The maximum absolute atomic E-state index is 13.1. The number of hydrogen-bond acceptors (Lipinski definition) is 2. The fraction of sp³-hybridized carbons (Fsp3) is 0.417. The minimum Gasteiger partial charge on any atom is -0.316 e. The molecule has 0 fully saturated rings. The van der Waals surface area contributed by atoms with Gasteiger partial charge in [0.25, 0.3) is 0 Å². The minimum atomic E-state index is -0.632.